The van der Waals surface area contributed by atoms with E-state index in [0.717, 1.165) is 23.0 Å². The Morgan fingerprint density at radius 1 is 1.17 bits per heavy atom. The molecule has 4 rings (SSSR count). The lowest BCUT2D eigenvalue weighted by atomic mass is 10.0. The summed E-state index contributed by atoms with van der Waals surface area (Å²) in [6.45, 7) is 0.826. The van der Waals surface area contributed by atoms with Crippen molar-refractivity contribution in [2.75, 3.05) is 5.32 Å². The highest BCUT2D eigenvalue weighted by atomic mass is 16.1. The van der Waals surface area contributed by atoms with Crippen LogP contribution in [-0.4, -0.2) is 10.9 Å². The summed E-state index contributed by atoms with van der Waals surface area (Å²) in [5.74, 6) is 0.00977. The van der Waals surface area contributed by atoms with E-state index < -0.39 is 0 Å². The number of fused-ring (bicyclic) bond motifs is 2. The monoisotopic (exact) mass is 303 g/mol. The summed E-state index contributed by atoms with van der Waals surface area (Å²) in [7, 11) is 0. The van der Waals surface area contributed by atoms with Crippen LogP contribution < -0.4 is 10.6 Å². The zero-order valence-corrected chi connectivity index (χ0v) is 12.6. The lowest BCUT2D eigenvalue weighted by Gasteiger charge is -2.13. The second-order valence-corrected chi connectivity index (χ2v) is 5.79. The first-order valence-corrected chi connectivity index (χ1v) is 7.75. The number of carbonyl (C=O) groups excluding carboxylic acids is 1. The minimum atomic E-state index is 0.00977. The Bertz CT molecular complexity index is 870. The number of hydrogen-bond acceptors (Lipinski definition) is 3. The van der Waals surface area contributed by atoms with Gasteiger partial charge < -0.3 is 10.6 Å². The molecule has 1 aliphatic heterocycles. The summed E-state index contributed by atoms with van der Waals surface area (Å²) >= 11 is 0. The number of nitrogens with one attached hydrogen (secondary N) is 2. The first-order chi connectivity index (χ1) is 11.3. The van der Waals surface area contributed by atoms with Crippen LogP contribution >= 0.6 is 0 Å². The van der Waals surface area contributed by atoms with Crippen LogP contribution in [0.5, 0.6) is 0 Å². The molecule has 0 saturated heterocycles. The second-order valence-electron chi connectivity index (χ2n) is 5.79. The number of aromatic nitrogens is 1. The Hall–Kier alpha value is -2.72. The minimum absolute atomic E-state index is 0.00977. The maximum Gasteiger partial charge on any atom is 0.226 e. The number of pyridine rings is 1. The molecule has 4 heteroatoms. The van der Waals surface area contributed by atoms with Crippen molar-refractivity contribution < 1.29 is 4.79 Å². The van der Waals surface area contributed by atoms with Crippen LogP contribution in [0.2, 0.25) is 0 Å². The summed E-state index contributed by atoms with van der Waals surface area (Å²) in [4.78, 5) is 16.6. The summed E-state index contributed by atoms with van der Waals surface area (Å²) in [5, 5.41) is 8.46. The molecule has 1 aromatic heterocycles. The molecule has 1 aliphatic rings. The number of carbonyl (C=O) groups is 1. The van der Waals surface area contributed by atoms with Crippen LogP contribution in [0, 0.1) is 0 Å². The molecule has 3 aromatic rings. The Kier molecular flexibility index (Phi) is 3.52. The molecule has 0 saturated carbocycles. The van der Waals surface area contributed by atoms with Gasteiger partial charge in [0, 0.05) is 36.8 Å². The van der Waals surface area contributed by atoms with Gasteiger partial charge >= 0.3 is 0 Å². The largest absolute Gasteiger partial charge is 0.325 e. The highest BCUT2D eigenvalue weighted by molar-refractivity contribution is 6.01. The molecule has 4 nitrogen and oxygen atoms in total. The smallest absolute Gasteiger partial charge is 0.226 e. The summed E-state index contributed by atoms with van der Waals surface area (Å²) in [6, 6.07) is 16.2. The fraction of sp³-hybridized carbons (Fsp3) is 0.158. The number of rotatable bonds is 3. The molecule has 1 unspecified atom stereocenters. The van der Waals surface area contributed by atoms with Crippen LogP contribution in [0.4, 0.5) is 5.69 Å². The third-order valence-corrected chi connectivity index (χ3v) is 4.32. The van der Waals surface area contributed by atoms with Crippen molar-refractivity contribution in [1.29, 1.82) is 0 Å². The Morgan fingerprint density at radius 3 is 3.04 bits per heavy atom. The van der Waals surface area contributed by atoms with Gasteiger partial charge in [-0.2, -0.15) is 0 Å². The summed E-state index contributed by atoms with van der Waals surface area (Å²) in [5.41, 5.74) is 3.31. The van der Waals surface area contributed by atoms with Gasteiger partial charge in [-0.3, -0.25) is 9.78 Å². The van der Waals surface area contributed by atoms with Crippen molar-refractivity contribution in [1.82, 2.24) is 10.3 Å². The van der Waals surface area contributed by atoms with E-state index in [2.05, 4.69) is 27.8 Å². The molecule has 2 heterocycles. The number of benzene rings is 2. The van der Waals surface area contributed by atoms with Crippen LogP contribution in [0.25, 0.3) is 10.8 Å². The normalized spacial score (nSPS) is 16.3. The molecule has 0 spiro atoms. The second kappa shape index (κ2) is 5.82. The van der Waals surface area contributed by atoms with Gasteiger partial charge in [-0.25, -0.2) is 0 Å². The lowest BCUT2D eigenvalue weighted by Crippen LogP contribution is -2.21. The third-order valence-electron chi connectivity index (χ3n) is 4.32. The van der Waals surface area contributed by atoms with Gasteiger partial charge in [-0.15, -0.1) is 0 Å². The van der Waals surface area contributed by atoms with Gasteiger partial charge in [0.1, 0.15) is 0 Å². The first kappa shape index (κ1) is 13.9. The van der Waals surface area contributed by atoms with E-state index in [1.54, 1.807) is 12.4 Å². The highest BCUT2D eigenvalue weighted by Gasteiger charge is 2.23. The Morgan fingerprint density at radius 2 is 2.09 bits per heavy atom. The van der Waals surface area contributed by atoms with E-state index in [4.69, 9.17) is 0 Å². The van der Waals surface area contributed by atoms with Crippen LogP contribution in [0.15, 0.2) is 60.9 Å². The zero-order valence-electron chi connectivity index (χ0n) is 12.6. The van der Waals surface area contributed by atoms with Gasteiger partial charge in [-0.1, -0.05) is 36.4 Å². The first-order valence-electron chi connectivity index (χ1n) is 7.75. The molecule has 0 fully saturated rings. The lowest BCUT2D eigenvalue weighted by molar-refractivity contribution is -0.116. The molecule has 1 atom stereocenters. The zero-order chi connectivity index (χ0) is 15.6. The topological polar surface area (TPSA) is 54.0 Å². The number of amides is 1. The molecule has 1 amide bonds. The van der Waals surface area contributed by atoms with E-state index >= 15 is 0 Å². The Labute approximate surface area is 134 Å². The van der Waals surface area contributed by atoms with Gasteiger partial charge in [0.15, 0.2) is 0 Å². The van der Waals surface area contributed by atoms with E-state index in [1.165, 1.54) is 11.1 Å². The molecule has 0 bridgehead atoms. The SMILES string of the molecule is O=C(CC1NCc2ccccc21)Nc1cccc2ccncc12. The van der Waals surface area contributed by atoms with Gasteiger partial charge in [0.2, 0.25) is 5.91 Å². The van der Waals surface area contributed by atoms with Crippen LogP contribution in [0.3, 0.4) is 0 Å². The van der Waals surface area contributed by atoms with E-state index in [0.29, 0.717) is 6.42 Å². The van der Waals surface area contributed by atoms with Gasteiger partial charge in [-0.05, 0) is 28.6 Å². The highest BCUT2D eigenvalue weighted by Crippen LogP contribution is 2.28. The maximum absolute atomic E-state index is 12.5. The fourth-order valence-corrected chi connectivity index (χ4v) is 3.17. The van der Waals surface area contributed by atoms with Crippen molar-refractivity contribution in [3.63, 3.8) is 0 Å². The molecule has 114 valence electrons. The van der Waals surface area contributed by atoms with Crippen molar-refractivity contribution in [2.45, 2.75) is 19.0 Å². The molecule has 23 heavy (non-hydrogen) atoms. The van der Waals surface area contributed by atoms with Crippen LogP contribution in [-0.2, 0) is 11.3 Å². The average Bonchev–Trinajstić information content (AvgIpc) is 2.98. The molecule has 0 aliphatic carbocycles. The minimum Gasteiger partial charge on any atom is -0.325 e. The molecule has 2 aromatic carbocycles. The van der Waals surface area contributed by atoms with Crippen molar-refractivity contribution in [2.24, 2.45) is 0 Å². The molecule has 2 N–H and O–H groups in total. The third kappa shape index (κ3) is 2.69. The molecular weight excluding hydrogens is 286 g/mol. The fourth-order valence-electron chi connectivity index (χ4n) is 3.17. The predicted molar refractivity (Wildman–Crippen MR) is 91.0 cm³/mol. The number of anilines is 1. The standard InChI is InChI=1S/C19H17N3O/c23-19(10-18-15-6-2-1-4-14(15)11-21-18)22-17-7-3-5-13-8-9-20-12-16(13)17/h1-9,12,18,21H,10-11H2,(H,22,23). The molecule has 0 radical (unpaired) electrons. The van der Waals surface area contributed by atoms with Crippen molar-refractivity contribution in [3.05, 3.63) is 72.1 Å². The van der Waals surface area contributed by atoms with Crippen molar-refractivity contribution >= 4 is 22.4 Å². The van der Waals surface area contributed by atoms with Crippen LogP contribution in [0.1, 0.15) is 23.6 Å². The van der Waals surface area contributed by atoms with E-state index in [9.17, 15) is 4.79 Å². The Balaban J connectivity index is 1.52. The van der Waals surface area contributed by atoms with Gasteiger partial charge in [0.25, 0.3) is 0 Å². The molecular formula is C19H17N3O. The predicted octanol–water partition coefficient (Wildman–Crippen LogP) is 3.41. The number of nitrogens with zero attached hydrogens (tertiary/aromatic N) is 1. The average molecular weight is 303 g/mol. The maximum atomic E-state index is 12.5. The quantitative estimate of drug-likeness (QED) is 0.779. The summed E-state index contributed by atoms with van der Waals surface area (Å²) in [6.07, 6.45) is 3.97. The van der Waals surface area contributed by atoms with E-state index in [1.807, 2.05) is 36.4 Å². The van der Waals surface area contributed by atoms with Gasteiger partial charge in [0.05, 0.1) is 5.69 Å². The number of hydrogen-bond donors (Lipinski definition) is 2. The summed E-state index contributed by atoms with van der Waals surface area (Å²) < 4.78 is 0. The van der Waals surface area contributed by atoms with E-state index in [-0.39, 0.29) is 11.9 Å². The van der Waals surface area contributed by atoms with Crippen molar-refractivity contribution in [3.8, 4) is 0 Å².